The summed E-state index contributed by atoms with van der Waals surface area (Å²) >= 11 is 0. The Morgan fingerprint density at radius 3 is 2.60 bits per heavy atom. The molecule has 0 aromatic heterocycles. The second-order valence-electron chi connectivity index (χ2n) is 5.46. The van der Waals surface area contributed by atoms with Gasteiger partial charge in [-0.1, -0.05) is 12.1 Å². The predicted molar refractivity (Wildman–Crippen MR) is 88.4 cm³/mol. The molecule has 0 aliphatic carbocycles. The molecule has 130 valence electrons. The van der Waals surface area contributed by atoms with Crippen LogP contribution >= 0.6 is 0 Å². The van der Waals surface area contributed by atoms with Gasteiger partial charge in [-0.3, -0.25) is 4.79 Å². The van der Waals surface area contributed by atoms with Crippen LogP contribution in [0.1, 0.15) is 22.8 Å². The van der Waals surface area contributed by atoms with Crippen molar-refractivity contribution in [3.8, 4) is 11.5 Å². The number of fused-ring (bicyclic) bond motifs is 1. The van der Waals surface area contributed by atoms with Crippen molar-refractivity contribution in [3.63, 3.8) is 0 Å². The van der Waals surface area contributed by atoms with Crippen molar-refractivity contribution in [2.24, 2.45) is 0 Å². The Morgan fingerprint density at radius 2 is 1.88 bits per heavy atom. The van der Waals surface area contributed by atoms with Gasteiger partial charge >= 0.3 is 5.97 Å². The highest BCUT2D eigenvalue weighted by Gasteiger charge is 2.20. The molecule has 25 heavy (non-hydrogen) atoms. The number of carbonyl (C=O) groups is 2. The van der Waals surface area contributed by atoms with Crippen LogP contribution in [0.5, 0.6) is 11.5 Å². The Labute approximate surface area is 144 Å². The third kappa shape index (κ3) is 3.89. The van der Waals surface area contributed by atoms with Gasteiger partial charge in [-0.25, -0.2) is 4.79 Å². The van der Waals surface area contributed by atoms with E-state index < -0.39 is 18.0 Å². The summed E-state index contributed by atoms with van der Waals surface area (Å²) in [5.74, 6) is 0.0900. The lowest BCUT2D eigenvalue weighted by molar-refractivity contribution is -0.123. The molecule has 0 bridgehead atoms. The Morgan fingerprint density at radius 1 is 1.16 bits per heavy atom. The van der Waals surface area contributed by atoms with Crippen LogP contribution in [-0.2, 0) is 16.1 Å². The van der Waals surface area contributed by atoms with E-state index in [0.717, 1.165) is 0 Å². The van der Waals surface area contributed by atoms with Crippen molar-refractivity contribution in [2.75, 3.05) is 12.1 Å². The van der Waals surface area contributed by atoms with Crippen LogP contribution in [0.2, 0.25) is 0 Å². The van der Waals surface area contributed by atoms with Gasteiger partial charge in [0.2, 0.25) is 6.79 Å². The van der Waals surface area contributed by atoms with E-state index in [-0.39, 0.29) is 13.4 Å². The van der Waals surface area contributed by atoms with Crippen LogP contribution in [0, 0.1) is 0 Å². The van der Waals surface area contributed by atoms with Gasteiger partial charge in [0.15, 0.2) is 17.6 Å². The Hall–Kier alpha value is -3.06. The first kappa shape index (κ1) is 16.8. The third-order valence-corrected chi connectivity index (χ3v) is 3.67. The molecule has 7 nitrogen and oxygen atoms in total. The summed E-state index contributed by atoms with van der Waals surface area (Å²) in [5, 5.41) is 11.7. The molecule has 2 N–H and O–H groups in total. The van der Waals surface area contributed by atoms with E-state index in [2.05, 4.69) is 5.32 Å². The van der Waals surface area contributed by atoms with E-state index in [0.29, 0.717) is 28.3 Å². The molecule has 0 spiro atoms. The number of hydrogen-bond donors (Lipinski definition) is 2. The molecule has 0 unspecified atom stereocenters. The zero-order chi connectivity index (χ0) is 17.8. The zero-order valence-corrected chi connectivity index (χ0v) is 13.5. The monoisotopic (exact) mass is 343 g/mol. The van der Waals surface area contributed by atoms with Crippen LogP contribution in [0.25, 0.3) is 0 Å². The van der Waals surface area contributed by atoms with E-state index in [1.54, 1.807) is 30.3 Å². The van der Waals surface area contributed by atoms with Gasteiger partial charge in [0, 0.05) is 11.8 Å². The molecule has 0 fully saturated rings. The third-order valence-electron chi connectivity index (χ3n) is 3.67. The van der Waals surface area contributed by atoms with Gasteiger partial charge in [-0.2, -0.15) is 0 Å². The van der Waals surface area contributed by atoms with Crippen LogP contribution in [0.15, 0.2) is 42.5 Å². The van der Waals surface area contributed by atoms with Crippen LogP contribution in [-0.4, -0.2) is 29.9 Å². The smallest absolute Gasteiger partial charge is 0.338 e. The summed E-state index contributed by atoms with van der Waals surface area (Å²) in [6.45, 7) is 1.53. The van der Waals surface area contributed by atoms with Gasteiger partial charge in [0.1, 0.15) is 0 Å². The fourth-order valence-electron chi connectivity index (χ4n) is 2.25. The van der Waals surface area contributed by atoms with E-state index in [1.165, 1.54) is 19.1 Å². The molecule has 7 heteroatoms. The zero-order valence-electron chi connectivity index (χ0n) is 13.5. The molecular weight excluding hydrogens is 326 g/mol. The number of rotatable bonds is 5. The fourth-order valence-corrected chi connectivity index (χ4v) is 2.25. The van der Waals surface area contributed by atoms with Crippen molar-refractivity contribution in [3.05, 3.63) is 53.6 Å². The summed E-state index contributed by atoms with van der Waals surface area (Å²) in [6.07, 6.45) is -0.976. The predicted octanol–water partition coefficient (Wildman–Crippen LogP) is 2.09. The average Bonchev–Trinajstić information content (AvgIpc) is 3.09. The molecule has 0 saturated carbocycles. The highest BCUT2D eigenvalue weighted by molar-refractivity contribution is 5.97. The SMILES string of the molecule is C[C@H](OC(=O)c1ccc(CO)cc1)C(=O)Nc1ccc2c(c1)OCO2. The van der Waals surface area contributed by atoms with Gasteiger partial charge in [0.05, 0.1) is 12.2 Å². The molecule has 1 atom stereocenters. The highest BCUT2D eigenvalue weighted by atomic mass is 16.7. The number of nitrogens with one attached hydrogen (secondary N) is 1. The first-order valence-corrected chi connectivity index (χ1v) is 7.68. The maximum atomic E-state index is 12.2. The number of hydrogen-bond acceptors (Lipinski definition) is 6. The summed E-state index contributed by atoms with van der Waals surface area (Å²) in [5.41, 5.74) is 1.51. The summed E-state index contributed by atoms with van der Waals surface area (Å²) < 4.78 is 15.6. The average molecular weight is 343 g/mol. The van der Waals surface area contributed by atoms with Crippen molar-refractivity contribution in [2.45, 2.75) is 19.6 Å². The van der Waals surface area contributed by atoms with Crippen molar-refractivity contribution < 1.29 is 28.9 Å². The highest BCUT2D eigenvalue weighted by Crippen LogP contribution is 2.34. The van der Waals surface area contributed by atoms with E-state index in [9.17, 15) is 9.59 Å². The van der Waals surface area contributed by atoms with E-state index in [4.69, 9.17) is 19.3 Å². The molecule has 0 radical (unpaired) electrons. The lowest BCUT2D eigenvalue weighted by Gasteiger charge is -2.14. The van der Waals surface area contributed by atoms with Gasteiger partial charge in [0.25, 0.3) is 5.91 Å². The quantitative estimate of drug-likeness (QED) is 0.808. The minimum absolute atomic E-state index is 0.107. The standard InChI is InChI=1S/C18H17NO6/c1-11(25-18(22)13-4-2-12(9-20)3-5-13)17(21)19-14-6-7-15-16(8-14)24-10-23-15/h2-8,11,20H,9-10H2,1H3,(H,19,21)/t11-/m0/s1. The Bertz CT molecular complexity index is 787. The number of benzene rings is 2. The maximum Gasteiger partial charge on any atom is 0.338 e. The number of carbonyl (C=O) groups excluding carboxylic acids is 2. The summed E-state index contributed by atoms with van der Waals surface area (Å²) in [4.78, 5) is 24.3. The molecule has 0 saturated heterocycles. The number of aliphatic hydroxyl groups excluding tert-OH is 1. The lowest BCUT2D eigenvalue weighted by atomic mass is 10.1. The molecular formula is C18H17NO6. The fraction of sp³-hybridized carbons (Fsp3) is 0.222. The molecule has 2 aromatic carbocycles. The minimum atomic E-state index is -0.976. The van der Waals surface area contributed by atoms with E-state index >= 15 is 0 Å². The minimum Gasteiger partial charge on any atom is -0.454 e. The summed E-state index contributed by atoms with van der Waals surface area (Å²) in [7, 11) is 0. The number of esters is 1. The molecule has 1 heterocycles. The van der Waals surface area contributed by atoms with Crippen molar-refractivity contribution >= 4 is 17.6 Å². The number of amides is 1. The van der Waals surface area contributed by atoms with Crippen LogP contribution < -0.4 is 14.8 Å². The normalized spacial score (nSPS) is 13.2. The summed E-state index contributed by atoms with van der Waals surface area (Å²) in [6, 6.07) is 11.3. The van der Waals surface area contributed by atoms with Crippen molar-refractivity contribution in [1.82, 2.24) is 0 Å². The first-order chi connectivity index (χ1) is 12.1. The number of anilines is 1. The second kappa shape index (κ2) is 7.23. The Kier molecular flexibility index (Phi) is 4.85. The number of ether oxygens (including phenoxy) is 3. The second-order valence-corrected chi connectivity index (χ2v) is 5.46. The van der Waals surface area contributed by atoms with Gasteiger partial charge in [-0.05, 0) is 36.8 Å². The molecule has 3 rings (SSSR count). The Balaban J connectivity index is 1.59. The molecule has 2 aromatic rings. The van der Waals surface area contributed by atoms with Crippen LogP contribution in [0.4, 0.5) is 5.69 Å². The number of aliphatic hydroxyl groups is 1. The lowest BCUT2D eigenvalue weighted by Crippen LogP contribution is -2.30. The largest absolute Gasteiger partial charge is 0.454 e. The maximum absolute atomic E-state index is 12.2. The van der Waals surface area contributed by atoms with E-state index in [1.807, 2.05) is 0 Å². The van der Waals surface area contributed by atoms with Crippen LogP contribution in [0.3, 0.4) is 0 Å². The van der Waals surface area contributed by atoms with Crippen molar-refractivity contribution in [1.29, 1.82) is 0 Å². The van der Waals surface area contributed by atoms with Gasteiger partial charge < -0.3 is 24.6 Å². The molecule has 1 amide bonds. The first-order valence-electron chi connectivity index (χ1n) is 7.68. The topological polar surface area (TPSA) is 94.1 Å². The van der Waals surface area contributed by atoms with Gasteiger partial charge in [-0.15, -0.1) is 0 Å². The molecule has 1 aliphatic heterocycles. The molecule has 1 aliphatic rings.